The van der Waals surface area contributed by atoms with Crippen molar-refractivity contribution in [2.45, 2.75) is 44.2 Å². The minimum Gasteiger partial charge on any atom is -0.375 e. The topological polar surface area (TPSA) is 46.6 Å². The van der Waals surface area contributed by atoms with Crippen molar-refractivity contribution in [2.24, 2.45) is 0 Å². The molecule has 19 heavy (non-hydrogen) atoms. The van der Waals surface area contributed by atoms with E-state index in [9.17, 15) is 8.42 Å². The molecule has 1 unspecified atom stereocenters. The number of aryl methyl sites for hydroxylation is 1. The van der Waals surface area contributed by atoms with Crippen LogP contribution in [0.25, 0.3) is 0 Å². The zero-order valence-electron chi connectivity index (χ0n) is 11.9. The standard InChI is InChI=1S/C14H21NO3S/c1-11-7-5-6-8-13(11)19(16,17)15-9-12(2)18-10-14(15,3)4/h5-8,12H,9-10H2,1-4H3. The summed E-state index contributed by atoms with van der Waals surface area (Å²) in [5.41, 5.74) is 0.255. The molecule has 0 aromatic heterocycles. The highest BCUT2D eigenvalue weighted by atomic mass is 32.2. The molecule has 1 aliphatic rings. The van der Waals surface area contributed by atoms with Crippen molar-refractivity contribution < 1.29 is 13.2 Å². The number of ether oxygens (including phenoxy) is 1. The van der Waals surface area contributed by atoms with Crippen molar-refractivity contribution >= 4 is 10.0 Å². The molecule has 0 spiro atoms. The molecule has 0 amide bonds. The van der Waals surface area contributed by atoms with E-state index in [1.165, 1.54) is 0 Å². The molecule has 1 saturated heterocycles. The average Bonchev–Trinajstić information content (AvgIpc) is 2.32. The molecular weight excluding hydrogens is 262 g/mol. The first kappa shape index (κ1) is 14.5. The maximum absolute atomic E-state index is 12.8. The van der Waals surface area contributed by atoms with Gasteiger partial charge in [-0.15, -0.1) is 0 Å². The van der Waals surface area contributed by atoms with Gasteiger partial charge < -0.3 is 4.74 Å². The molecule has 1 atom stereocenters. The molecule has 0 N–H and O–H groups in total. The summed E-state index contributed by atoms with van der Waals surface area (Å²) in [5, 5.41) is 0. The summed E-state index contributed by atoms with van der Waals surface area (Å²) in [6, 6.07) is 7.10. The number of nitrogens with zero attached hydrogens (tertiary/aromatic N) is 1. The van der Waals surface area contributed by atoms with Gasteiger partial charge in [-0.2, -0.15) is 4.31 Å². The maximum atomic E-state index is 12.8. The summed E-state index contributed by atoms with van der Waals surface area (Å²) in [5.74, 6) is 0. The lowest BCUT2D eigenvalue weighted by Gasteiger charge is -2.43. The van der Waals surface area contributed by atoms with Gasteiger partial charge in [0.2, 0.25) is 10.0 Å². The van der Waals surface area contributed by atoms with Crippen molar-refractivity contribution in [3.05, 3.63) is 29.8 Å². The van der Waals surface area contributed by atoms with Gasteiger partial charge in [-0.3, -0.25) is 0 Å². The van der Waals surface area contributed by atoms with Gasteiger partial charge in [0, 0.05) is 6.54 Å². The third kappa shape index (κ3) is 2.68. The molecule has 1 fully saturated rings. The summed E-state index contributed by atoms with van der Waals surface area (Å²) in [4.78, 5) is 0.386. The molecule has 1 aliphatic heterocycles. The third-order valence-corrected chi connectivity index (χ3v) is 5.72. The Kier molecular flexibility index (Phi) is 3.73. The Bertz CT molecular complexity index is 566. The first-order chi connectivity index (χ1) is 8.75. The normalized spacial score (nSPS) is 24.3. The van der Waals surface area contributed by atoms with E-state index < -0.39 is 15.6 Å². The smallest absolute Gasteiger partial charge is 0.243 e. The van der Waals surface area contributed by atoms with Crippen molar-refractivity contribution in [2.75, 3.05) is 13.2 Å². The summed E-state index contributed by atoms with van der Waals surface area (Å²) in [6.45, 7) is 8.33. The van der Waals surface area contributed by atoms with Crippen molar-refractivity contribution in [3.63, 3.8) is 0 Å². The monoisotopic (exact) mass is 283 g/mol. The Balaban J connectivity index is 2.47. The lowest BCUT2D eigenvalue weighted by atomic mass is 10.1. The van der Waals surface area contributed by atoms with E-state index in [0.29, 0.717) is 18.0 Å². The van der Waals surface area contributed by atoms with Crippen LogP contribution in [-0.4, -0.2) is 37.5 Å². The molecule has 0 bridgehead atoms. The number of morpholine rings is 1. The first-order valence-electron chi connectivity index (χ1n) is 6.45. The number of benzene rings is 1. The number of hydrogen-bond acceptors (Lipinski definition) is 3. The summed E-state index contributed by atoms with van der Waals surface area (Å²) >= 11 is 0. The SMILES string of the molecule is Cc1ccccc1S(=O)(=O)N1CC(C)OCC1(C)C. The first-order valence-corrected chi connectivity index (χ1v) is 7.89. The van der Waals surface area contributed by atoms with Crippen LogP contribution in [0.2, 0.25) is 0 Å². The highest BCUT2D eigenvalue weighted by Crippen LogP contribution is 2.30. The maximum Gasteiger partial charge on any atom is 0.243 e. The molecule has 0 saturated carbocycles. The van der Waals surface area contributed by atoms with Gasteiger partial charge in [-0.1, -0.05) is 18.2 Å². The molecule has 0 radical (unpaired) electrons. The molecule has 5 heteroatoms. The van der Waals surface area contributed by atoms with Gasteiger partial charge in [0.1, 0.15) is 0 Å². The van der Waals surface area contributed by atoms with Crippen LogP contribution in [0.15, 0.2) is 29.2 Å². The zero-order chi connectivity index (χ0) is 14.3. The average molecular weight is 283 g/mol. The number of hydrogen-bond donors (Lipinski definition) is 0. The van der Waals surface area contributed by atoms with Crippen LogP contribution in [0.1, 0.15) is 26.3 Å². The third-order valence-electron chi connectivity index (χ3n) is 3.48. The van der Waals surface area contributed by atoms with Gasteiger partial charge in [0.25, 0.3) is 0 Å². The van der Waals surface area contributed by atoms with E-state index in [1.54, 1.807) is 16.4 Å². The Morgan fingerprint density at radius 3 is 2.58 bits per heavy atom. The van der Waals surface area contributed by atoms with Crippen molar-refractivity contribution in [1.82, 2.24) is 4.31 Å². The van der Waals surface area contributed by atoms with Crippen LogP contribution in [0.3, 0.4) is 0 Å². The molecule has 2 rings (SSSR count). The van der Waals surface area contributed by atoms with Crippen LogP contribution < -0.4 is 0 Å². The van der Waals surface area contributed by atoms with Crippen LogP contribution in [-0.2, 0) is 14.8 Å². The Morgan fingerprint density at radius 1 is 1.32 bits per heavy atom. The minimum absolute atomic E-state index is 0.0770. The van der Waals surface area contributed by atoms with Gasteiger partial charge in [0.15, 0.2) is 0 Å². The van der Waals surface area contributed by atoms with E-state index in [1.807, 2.05) is 39.8 Å². The minimum atomic E-state index is -3.48. The van der Waals surface area contributed by atoms with Gasteiger partial charge in [0.05, 0.1) is 23.1 Å². The Labute approximate surface area is 115 Å². The van der Waals surface area contributed by atoms with E-state index in [-0.39, 0.29) is 6.10 Å². The molecule has 0 aliphatic carbocycles. The van der Waals surface area contributed by atoms with Gasteiger partial charge in [-0.05, 0) is 39.3 Å². The highest BCUT2D eigenvalue weighted by molar-refractivity contribution is 7.89. The Hall–Kier alpha value is -0.910. The lowest BCUT2D eigenvalue weighted by Crippen LogP contribution is -2.57. The summed E-state index contributed by atoms with van der Waals surface area (Å²) in [7, 11) is -3.48. The molecule has 1 aromatic carbocycles. The lowest BCUT2D eigenvalue weighted by molar-refractivity contribution is -0.0551. The van der Waals surface area contributed by atoms with Gasteiger partial charge in [-0.25, -0.2) is 8.42 Å². The fraction of sp³-hybridized carbons (Fsp3) is 0.571. The second-order valence-electron chi connectivity index (χ2n) is 5.74. The second kappa shape index (κ2) is 4.89. The van der Waals surface area contributed by atoms with Crippen LogP contribution >= 0.6 is 0 Å². The second-order valence-corrected chi connectivity index (χ2v) is 7.57. The summed E-state index contributed by atoms with van der Waals surface area (Å²) < 4.78 is 32.8. The predicted octanol–water partition coefficient (Wildman–Crippen LogP) is 2.18. The molecule has 1 aromatic rings. The predicted molar refractivity (Wildman–Crippen MR) is 74.6 cm³/mol. The molecular formula is C14H21NO3S. The zero-order valence-corrected chi connectivity index (χ0v) is 12.7. The largest absolute Gasteiger partial charge is 0.375 e. The molecule has 1 heterocycles. The van der Waals surface area contributed by atoms with E-state index in [0.717, 1.165) is 5.56 Å². The number of rotatable bonds is 2. The van der Waals surface area contributed by atoms with Crippen LogP contribution in [0, 0.1) is 6.92 Å². The quantitative estimate of drug-likeness (QED) is 0.836. The molecule has 4 nitrogen and oxygen atoms in total. The van der Waals surface area contributed by atoms with Gasteiger partial charge >= 0.3 is 0 Å². The molecule has 106 valence electrons. The van der Waals surface area contributed by atoms with E-state index in [2.05, 4.69) is 0 Å². The fourth-order valence-corrected chi connectivity index (χ4v) is 4.41. The Morgan fingerprint density at radius 2 is 1.95 bits per heavy atom. The summed E-state index contributed by atoms with van der Waals surface area (Å²) in [6.07, 6.45) is -0.0770. The van der Waals surface area contributed by atoms with Crippen LogP contribution in [0.5, 0.6) is 0 Å². The highest BCUT2D eigenvalue weighted by Gasteiger charge is 2.42. The van der Waals surface area contributed by atoms with Crippen molar-refractivity contribution in [3.8, 4) is 0 Å². The van der Waals surface area contributed by atoms with E-state index in [4.69, 9.17) is 4.74 Å². The van der Waals surface area contributed by atoms with Crippen molar-refractivity contribution in [1.29, 1.82) is 0 Å². The van der Waals surface area contributed by atoms with Crippen LogP contribution in [0.4, 0.5) is 0 Å². The fourth-order valence-electron chi connectivity index (χ4n) is 2.34. The number of sulfonamides is 1. The van der Waals surface area contributed by atoms with E-state index >= 15 is 0 Å².